The summed E-state index contributed by atoms with van der Waals surface area (Å²) < 4.78 is 4.77. The summed E-state index contributed by atoms with van der Waals surface area (Å²) in [6, 6.07) is 0. The second-order valence-corrected chi connectivity index (χ2v) is 3.12. The molecule has 9 heavy (non-hydrogen) atoms. The lowest BCUT2D eigenvalue weighted by Gasteiger charge is -1.99. The third-order valence-electron chi connectivity index (χ3n) is 1.34. The molecule has 1 aliphatic rings. The Morgan fingerprint density at radius 3 is 3.11 bits per heavy atom. The van der Waals surface area contributed by atoms with Crippen molar-refractivity contribution in [1.29, 1.82) is 0 Å². The van der Waals surface area contributed by atoms with Gasteiger partial charge in [-0.25, -0.2) is 0 Å². The van der Waals surface area contributed by atoms with Crippen LogP contribution in [0, 0.1) is 5.92 Å². The molecule has 2 nitrogen and oxygen atoms in total. The topological polar surface area (TPSA) is 26.3 Å². The van der Waals surface area contributed by atoms with Gasteiger partial charge in [-0.15, -0.1) is 0 Å². The van der Waals surface area contributed by atoms with E-state index < -0.39 is 0 Å². The molecule has 0 N–H and O–H groups in total. The Morgan fingerprint density at radius 2 is 2.67 bits per heavy atom. The molecule has 0 aliphatic carbocycles. The van der Waals surface area contributed by atoms with Gasteiger partial charge in [0.2, 0.25) is 0 Å². The molecule has 1 heterocycles. The van der Waals surface area contributed by atoms with Gasteiger partial charge in [0.05, 0.1) is 13.0 Å². The number of esters is 1. The minimum Gasteiger partial charge on any atom is -0.465 e. The standard InChI is InChI=1S/C6H10O2S/c1-9-4-5-2-6(7)8-3-5/h5H,2-4H2,1H3/t5-/m0/s1. The largest absolute Gasteiger partial charge is 0.465 e. The van der Waals surface area contributed by atoms with Gasteiger partial charge >= 0.3 is 5.97 Å². The van der Waals surface area contributed by atoms with Crippen LogP contribution in [0.25, 0.3) is 0 Å². The maximum absolute atomic E-state index is 10.5. The summed E-state index contributed by atoms with van der Waals surface area (Å²) in [5.41, 5.74) is 0. The third-order valence-corrected chi connectivity index (χ3v) is 2.14. The molecule has 1 rings (SSSR count). The molecule has 1 aliphatic heterocycles. The molecule has 1 saturated heterocycles. The van der Waals surface area contributed by atoms with Crippen LogP contribution in [-0.2, 0) is 9.53 Å². The third kappa shape index (κ3) is 1.90. The molecule has 0 spiro atoms. The van der Waals surface area contributed by atoms with Gasteiger partial charge in [0.15, 0.2) is 0 Å². The lowest BCUT2D eigenvalue weighted by Crippen LogP contribution is -2.01. The summed E-state index contributed by atoms with van der Waals surface area (Å²) in [5, 5.41) is 0. The van der Waals surface area contributed by atoms with Gasteiger partial charge in [0, 0.05) is 5.92 Å². The van der Waals surface area contributed by atoms with E-state index in [-0.39, 0.29) is 5.97 Å². The molecule has 0 amide bonds. The zero-order valence-electron chi connectivity index (χ0n) is 5.42. The average Bonchev–Trinajstić information content (AvgIpc) is 2.17. The van der Waals surface area contributed by atoms with Crippen LogP contribution in [0.2, 0.25) is 0 Å². The molecule has 0 aromatic rings. The second kappa shape index (κ2) is 3.11. The number of thioether (sulfide) groups is 1. The van der Waals surface area contributed by atoms with Gasteiger partial charge in [-0.05, 0) is 12.0 Å². The van der Waals surface area contributed by atoms with Gasteiger partial charge in [-0.3, -0.25) is 4.79 Å². The fourth-order valence-corrected chi connectivity index (χ4v) is 1.59. The lowest BCUT2D eigenvalue weighted by atomic mass is 10.2. The van der Waals surface area contributed by atoms with E-state index in [0.29, 0.717) is 18.9 Å². The maximum Gasteiger partial charge on any atom is 0.306 e. The molecule has 1 atom stereocenters. The van der Waals surface area contributed by atoms with Crippen LogP contribution in [0.1, 0.15) is 6.42 Å². The Bertz CT molecular complexity index is 114. The predicted octanol–water partition coefficient (Wildman–Crippen LogP) is 0.912. The molecule has 0 unspecified atom stereocenters. The lowest BCUT2D eigenvalue weighted by molar-refractivity contribution is -0.137. The minimum absolute atomic E-state index is 0.0333. The number of hydrogen-bond acceptors (Lipinski definition) is 3. The van der Waals surface area contributed by atoms with Crippen molar-refractivity contribution >= 4 is 17.7 Å². The van der Waals surface area contributed by atoms with Crippen LogP contribution in [0.15, 0.2) is 0 Å². The summed E-state index contributed by atoms with van der Waals surface area (Å²) in [7, 11) is 0. The Kier molecular flexibility index (Phi) is 2.39. The number of cyclic esters (lactones) is 1. The molecule has 3 heteroatoms. The van der Waals surface area contributed by atoms with E-state index in [0.717, 1.165) is 5.75 Å². The van der Waals surface area contributed by atoms with Gasteiger partial charge < -0.3 is 4.74 Å². The van der Waals surface area contributed by atoms with Gasteiger partial charge in [-0.1, -0.05) is 0 Å². The molecule has 0 aromatic carbocycles. The zero-order valence-corrected chi connectivity index (χ0v) is 6.24. The number of rotatable bonds is 2. The van der Waals surface area contributed by atoms with Crippen molar-refractivity contribution < 1.29 is 9.53 Å². The van der Waals surface area contributed by atoms with Crippen LogP contribution >= 0.6 is 11.8 Å². The van der Waals surface area contributed by atoms with Gasteiger partial charge in [0.25, 0.3) is 0 Å². The summed E-state index contributed by atoms with van der Waals surface area (Å²) in [4.78, 5) is 10.5. The van der Waals surface area contributed by atoms with E-state index in [1.54, 1.807) is 11.8 Å². The first-order chi connectivity index (χ1) is 4.33. The van der Waals surface area contributed by atoms with Crippen molar-refractivity contribution in [2.45, 2.75) is 6.42 Å². The normalized spacial score (nSPS) is 26.3. The van der Waals surface area contributed by atoms with Gasteiger partial charge in [0.1, 0.15) is 0 Å². The highest BCUT2D eigenvalue weighted by Crippen LogP contribution is 2.17. The Hall–Kier alpha value is -0.180. The Morgan fingerprint density at radius 1 is 1.89 bits per heavy atom. The molecular formula is C6H10O2S. The molecule has 0 bridgehead atoms. The first kappa shape index (κ1) is 6.93. The molecule has 0 aromatic heterocycles. The van der Waals surface area contributed by atoms with Crippen molar-refractivity contribution in [2.24, 2.45) is 5.92 Å². The number of ether oxygens (including phenoxy) is 1. The van der Waals surface area contributed by atoms with Crippen molar-refractivity contribution in [3.63, 3.8) is 0 Å². The highest BCUT2D eigenvalue weighted by atomic mass is 32.2. The fourth-order valence-electron chi connectivity index (χ4n) is 0.907. The average molecular weight is 146 g/mol. The van der Waals surface area contributed by atoms with Crippen LogP contribution in [0.3, 0.4) is 0 Å². The monoisotopic (exact) mass is 146 g/mol. The Labute approximate surface area is 59.0 Å². The van der Waals surface area contributed by atoms with E-state index in [1.165, 1.54) is 0 Å². The fraction of sp³-hybridized carbons (Fsp3) is 0.833. The number of carbonyl (C=O) groups excluding carboxylic acids is 1. The second-order valence-electron chi connectivity index (χ2n) is 2.21. The quantitative estimate of drug-likeness (QED) is 0.542. The molecular weight excluding hydrogens is 136 g/mol. The van der Waals surface area contributed by atoms with E-state index in [4.69, 9.17) is 4.74 Å². The first-order valence-corrected chi connectivity index (χ1v) is 4.37. The summed E-state index contributed by atoms with van der Waals surface area (Å²) >= 11 is 1.77. The highest BCUT2D eigenvalue weighted by Gasteiger charge is 2.22. The number of hydrogen-bond donors (Lipinski definition) is 0. The summed E-state index contributed by atoms with van der Waals surface area (Å²) in [5.74, 6) is 1.49. The summed E-state index contributed by atoms with van der Waals surface area (Å²) in [6.07, 6.45) is 2.67. The van der Waals surface area contributed by atoms with Crippen LogP contribution in [0.4, 0.5) is 0 Å². The summed E-state index contributed by atoms with van der Waals surface area (Å²) in [6.45, 7) is 0.639. The van der Waals surface area contributed by atoms with Crippen molar-refractivity contribution in [3.05, 3.63) is 0 Å². The highest BCUT2D eigenvalue weighted by molar-refractivity contribution is 7.98. The van der Waals surface area contributed by atoms with E-state index in [1.807, 2.05) is 6.26 Å². The molecule has 52 valence electrons. The molecule has 0 radical (unpaired) electrons. The Balaban J connectivity index is 2.22. The van der Waals surface area contributed by atoms with Crippen LogP contribution in [0.5, 0.6) is 0 Å². The van der Waals surface area contributed by atoms with Crippen LogP contribution < -0.4 is 0 Å². The minimum atomic E-state index is -0.0333. The first-order valence-electron chi connectivity index (χ1n) is 2.97. The van der Waals surface area contributed by atoms with E-state index in [9.17, 15) is 4.79 Å². The van der Waals surface area contributed by atoms with Crippen molar-refractivity contribution in [3.8, 4) is 0 Å². The van der Waals surface area contributed by atoms with E-state index in [2.05, 4.69) is 0 Å². The van der Waals surface area contributed by atoms with Crippen molar-refractivity contribution in [1.82, 2.24) is 0 Å². The van der Waals surface area contributed by atoms with E-state index >= 15 is 0 Å². The maximum atomic E-state index is 10.5. The van der Waals surface area contributed by atoms with Crippen molar-refractivity contribution in [2.75, 3.05) is 18.6 Å². The number of carbonyl (C=O) groups is 1. The SMILES string of the molecule is CSC[C@@H]1COC(=O)C1. The zero-order chi connectivity index (χ0) is 6.69. The van der Waals surface area contributed by atoms with Crippen LogP contribution in [-0.4, -0.2) is 24.6 Å². The van der Waals surface area contributed by atoms with Gasteiger partial charge in [-0.2, -0.15) is 11.8 Å². The predicted molar refractivity (Wildman–Crippen MR) is 37.4 cm³/mol. The molecule has 1 fully saturated rings. The molecule has 0 saturated carbocycles. The smallest absolute Gasteiger partial charge is 0.306 e.